The summed E-state index contributed by atoms with van der Waals surface area (Å²) in [5.74, 6) is 0.195. The molecule has 0 aromatic carbocycles. The quantitative estimate of drug-likeness (QED) is 0.684. The zero-order chi connectivity index (χ0) is 10.6. The van der Waals surface area contributed by atoms with Crippen molar-refractivity contribution in [2.45, 2.75) is 33.2 Å². The number of nitrogens with zero attached hydrogens (tertiary/aromatic N) is 1. The van der Waals surface area contributed by atoms with Crippen LogP contribution in [-0.4, -0.2) is 36.5 Å². The largest absolute Gasteiger partial charge is 0.334 e. The average molecular weight is 196 g/mol. The molecule has 1 aliphatic rings. The van der Waals surface area contributed by atoms with Crippen LogP contribution in [0.25, 0.3) is 0 Å². The molecule has 0 aromatic heterocycles. The van der Waals surface area contributed by atoms with Gasteiger partial charge in [-0.15, -0.1) is 0 Å². The normalized spacial score (nSPS) is 17.8. The van der Waals surface area contributed by atoms with E-state index in [9.17, 15) is 4.79 Å². The predicted molar refractivity (Wildman–Crippen MR) is 58.1 cm³/mol. The van der Waals surface area contributed by atoms with Crippen molar-refractivity contribution in [1.82, 2.24) is 10.2 Å². The van der Waals surface area contributed by atoms with E-state index in [0.29, 0.717) is 6.04 Å². The van der Waals surface area contributed by atoms with E-state index in [2.05, 4.69) is 12.2 Å². The minimum atomic E-state index is 0.195. The molecule has 0 spiro atoms. The van der Waals surface area contributed by atoms with Gasteiger partial charge in [-0.1, -0.05) is 13.0 Å². The highest BCUT2D eigenvalue weighted by atomic mass is 16.2. The molecular weight excluding hydrogens is 176 g/mol. The second-order valence-electron chi connectivity index (χ2n) is 3.70. The Morgan fingerprint density at radius 2 is 2.14 bits per heavy atom. The van der Waals surface area contributed by atoms with Crippen molar-refractivity contribution in [3.8, 4) is 0 Å². The number of nitrogens with one attached hydrogen (secondary N) is 1. The number of allylic oxidation sites excluding steroid dienone is 1. The van der Waals surface area contributed by atoms with Gasteiger partial charge < -0.3 is 10.2 Å². The Hall–Kier alpha value is -0.830. The van der Waals surface area contributed by atoms with Crippen molar-refractivity contribution in [3.63, 3.8) is 0 Å². The second-order valence-corrected chi connectivity index (χ2v) is 3.70. The molecule has 80 valence electrons. The van der Waals surface area contributed by atoms with Crippen LogP contribution in [0.5, 0.6) is 0 Å². The number of carbonyl (C=O) groups excluding carboxylic acids is 1. The first-order chi connectivity index (χ1) is 6.70. The van der Waals surface area contributed by atoms with E-state index in [4.69, 9.17) is 0 Å². The molecule has 1 fully saturated rings. The number of rotatable bonds is 4. The van der Waals surface area contributed by atoms with Gasteiger partial charge in [-0.05, 0) is 20.3 Å². The Labute approximate surface area is 86.2 Å². The first-order valence-corrected chi connectivity index (χ1v) is 5.39. The predicted octanol–water partition coefficient (Wildman–Crippen LogP) is 1.16. The fourth-order valence-corrected chi connectivity index (χ4v) is 1.68. The molecule has 0 radical (unpaired) electrons. The zero-order valence-electron chi connectivity index (χ0n) is 9.34. The summed E-state index contributed by atoms with van der Waals surface area (Å²) in [6, 6.07) is 0.410. The number of carbonyl (C=O) groups is 1. The van der Waals surface area contributed by atoms with Crippen LogP contribution in [0.2, 0.25) is 0 Å². The lowest BCUT2D eigenvalue weighted by Crippen LogP contribution is -2.58. The van der Waals surface area contributed by atoms with Gasteiger partial charge in [-0.3, -0.25) is 4.79 Å². The number of hydrogen-bond donors (Lipinski definition) is 1. The minimum absolute atomic E-state index is 0.195. The maximum absolute atomic E-state index is 11.9. The molecule has 1 N–H and O–H groups in total. The molecule has 1 amide bonds. The minimum Gasteiger partial charge on any atom is -0.334 e. The Morgan fingerprint density at radius 1 is 1.50 bits per heavy atom. The van der Waals surface area contributed by atoms with Gasteiger partial charge in [0.15, 0.2) is 0 Å². The number of amides is 1. The molecule has 0 atom stereocenters. The van der Waals surface area contributed by atoms with E-state index < -0.39 is 0 Å². The molecule has 0 bridgehead atoms. The number of hydrogen-bond acceptors (Lipinski definition) is 2. The van der Waals surface area contributed by atoms with E-state index >= 15 is 0 Å². The van der Waals surface area contributed by atoms with Crippen LogP contribution >= 0.6 is 0 Å². The van der Waals surface area contributed by atoms with E-state index in [1.807, 2.05) is 24.8 Å². The second kappa shape index (κ2) is 5.15. The lowest BCUT2D eigenvalue weighted by atomic mass is 10.1. The third kappa shape index (κ3) is 2.35. The molecule has 3 heteroatoms. The van der Waals surface area contributed by atoms with Crippen LogP contribution in [-0.2, 0) is 4.79 Å². The van der Waals surface area contributed by atoms with Crippen LogP contribution in [0.15, 0.2) is 11.6 Å². The molecule has 0 aliphatic carbocycles. The lowest BCUT2D eigenvalue weighted by Gasteiger charge is -2.37. The highest BCUT2D eigenvalue weighted by Gasteiger charge is 2.27. The van der Waals surface area contributed by atoms with Gasteiger partial charge in [-0.25, -0.2) is 0 Å². The van der Waals surface area contributed by atoms with Crippen LogP contribution in [0.3, 0.4) is 0 Å². The van der Waals surface area contributed by atoms with E-state index in [1.54, 1.807) is 0 Å². The summed E-state index contributed by atoms with van der Waals surface area (Å²) in [6.45, 7) is 8.69. The maximum Gasteiger partial charge on any atom is 0.249 e. The zero-order valence-corrected chi connectivity index (χ0v) is 9.34. The Kier molecular flexibility index (Phi) is 4.14. The SMILES string of the molecule is CCC=C(C)C(=O)N(CC)C1CNC1. The lowest BCUT2D eigenvalue weighted by molar-refractivity contribution is -0.130. The van der Waals surface area contributed by atoms with Crippen molar-refractivity contribution < 1.29 is 4.79 Å². The number of likely N-dealkylation sites (N-methyl/N-ethyl adjacent to an activating group) is 1. The van der Waals surface area contributed by atoms with Gasteiger partial charge in [0.1, 0.15) is 0 Å². The molecule has 3 nitrogen and oxygen atoms in total. The molecule has 1 saturated heterocycles. The van der Waals surface area contributed by atoms with Crippen LogP contribution in [0.4, 0.5) is 0 Å². The van der Waals surface area contributed by atoms with Gasteiger partial charge in [0.2, 0.25) is 5.91 Å². The third-order valence-electron chi connectivity index (χ3n) is 2.65. The van der Waals surface area contributed by atoms with Crippen LogP contribution < -0.4 is 5.32 Å². The first-order valence-electron chi connectivity index (χ1n) is 5.39. The van der Waals surface area contributed by atoms with E-state index in [-0.39, 0.29) is 5.91 Å². The van der Waals surface area contributed by atoms with Crippen LogP contribution in [0.1, 0.15) is 27.2 Å². The summed E-state index contributed by atoms with van der Waals surface area (Å²) in [6.07, 6.45) is 2.93. The maximum atomic E-state index is 11.9. The van der Waals surface area contributed by atoms with Gasteiger partial charge in [0, 0.05) is 25.2 Å². The summed E-state index contributed by atoms with van der Waals surface area (Å²) < 4.78 is 0. The summed E-state index contributed by atoms with van der Waals surface area (Å²) >= 11 is 0. The highest BCUT2D eigenvalue weighted by Crippen LogP contribution is 2.10. The summed E-state index contributed by atoms with van der Waals surface area (Å²) in [5, 5.41) is 3.19. The standard InChI is InChI=1S/C11H20N2O/c1-4-6-9(3)11(14)13(5-2)10-7-12-8-10/h6,10,12H,4-5,7-8H2,1-3H3. The monoisotopic (exact) mass is 196 g/mol. The van der Waals surface area contributed by atoms with Crippen molar-refractivity contribution in [3.05, 3.63) is 11.6 Å². The van der Waals surface area contributed by atoms with Crippen LogP contribution in [0, 0.1) is 0 Å². The van der Waals surface area contributed by atoms with Crippen molar-refractivity contribution >= 4 is 5.91 Å². The molecule has 0 saturated carbocycles. The van der Waals surface area contributed by atoms with Gasteiger partial charge in [-0.2, -0.15) is 0 Å². The van der Waals surface area contributed by atoms with E-state index in [0.717, 1.165) is 31.6 Å². The first kappa shape index (κ1) is 11.2. The van der Waals surface area contributed by atoms with E-state index in [1.165, 1.54) is 0 Å². The van der Waals surface area contributed by atoms with Gasteiger partial charge in [0.25, 0.3) is 0 Å². The molecule has 1 rings (SSSR count). The average Bonchev–Trinajstić information content (AvgIpc) is 2.10. The molecular formula is C11H20N2O. The molecule has 1 aliphatic heterocycles. The fraction of sp³-hybridized carbons (Fsp3) is 0.727. The van der Waals surface area contributed by atoms with Crippen molar-refractivity contribution in [2.24, 2.45) is 0 Å². The summed E-state index contributed by atoms with van der Waals surface area (Å²) in [5.41, 5.74) is 0.876. The highest BCUT2D eigenvalue weighted by molar-refractivity contribution is 5.93. The smallest absolute Gasteiger partial charge is 0.249 e. The summed E-state index contributed by atoms with van der Waals surface area (Å²) in [4.78, 5) is 13.9. The summed E-state index contributed by atoms with van der Waals surface area (Å²) in [7, 11) is 0. The third-order valence-corrected chi connectivity index (χ3v) is 2.65. The van der Waals surface area contributed by atoms with Crippen molar-refractivity contribution in [1.29, 1.82) is 0 Å². The topological polar surface area (TPSA) is 32.3 Å². The molecule has 1 heterocycles. The van der Waals surface area contributed by atoms with Gasteiger partial charge >= 0.3 is 0 Å². The fourth-order valence-electron chi connectivity index (χ4n) is 1.68. The Morgan fingerprint density at radius 3 is 2.50 bits per heavy atom. The molecule has 14 heavy (non-hydrogen) atoms. The van der Waals surface area contributed by atoms with Gasteiger partial charge in [0.05, 0.1) is 6.04 Å². The Balaban J connectivity index is 2.59. The molecule has 0 unspecified atom stereocenters. The van der Waals surface area contributed by atoms with Crippen molar-refractivity contribution in [2.75, 3.05) is 19.6 Å². The molecule has 0 aromatic rings. The Bertz CT molecular complexity index is 231.